The van der Waals surface area contributed by atoms with E-state index in [2.05, 4.69) is 28.9 Å². The minimum absolute atomic E-state index is 0.571. The van der Waals surface area contributed by atoms with E-state index in [0.717, 1.165) is 30.5 Å². The molecule has 1 fully saturated rings. The summed E-state index contributed by atoms with van der Waals surface area (Å²) in [6.07, 6.45) is 3.91. The molecule has 0 aromatic carbocycles. The maximum absolute atomic E-state index is 5.92. The standard InChI is InChI=1S/C14H21ClN2/c1-3-12-5-4-6-17(10-12)14-8-13(9-15)7-11(2)16-14/h7-8,12H,3-6,9-10H2,1-2H3. The van der Waals surface area contributed by atoms with E-state index in [1.54, 1.807) is 0 Å². The van der Waals surface area contributed by atoms with Gasteiger partial charge in [0, 0.05) is 24.7 Å². The topological polar surface area (TPSA) is 16.1 Å². The maximum atomic E-state index is 5.92. The fraction of sp³-hybridized carbons (Fsp3) is 0.643. The molecule has 0 radical (unpaired) electrons. The molecule has 1 unspecified atom stereocenters. The van der Waals surface area contributed by atoms with Crippen LogP contribution in [-0.2, 0) is 5.88 Å². The highest BCUT2D eigenvalue weighted by Crippen LogP contribution is 2.24. The molecule has 0 saturated carbocycles. The van der Waals surface area contributed by atoms with Crippen molar-refractivity contribution in [1.29, 1.82) is 0 Å². The third-order valence-corrected chi connectivity index (χ3v) is 3.88. The zero-order chi connectivity index (χ0) is 12.3. The number of rotatable bonds is 3. The van der Waals surface area contributed by atoms with E-state index in [1.165, 1.54) is 24.8 Å². The fourth-order valence-electron chi connectivity index (χ4n) is 2.57. The van der Waals surface area contributed by atoms with Crippen LogP contribution < -0.4 is 4.90 Å². The summed E-state index contributed by atoms with van der Waals surface area (Å²) in [5.74, 6) is 2.51. The molecule has 0 bridgehead atoms. The summed E-state index contributed by atoms with van der Waals surface area (Å²) in [5, 5.41) is 0. The maximum Gasteiger partial charge on any atom is 0.129 e. The smallest absolute Gasteiger partial charge is 0.129 e. The lowest BCUT2D eigenvalue weighted by molar-refractivity contribution is 0.403. The Morgan fingerprint density at radius 3 is 3.00 bits per heavy atom. The first-order valence-corrected chi connectivity index (χ1v) is 7.05. The van der Waals surface area contributed by atoms with Gasteiger partial charge < -0.3 is 4.90 Å². The Bertz CT molecular complexity index is 378. The van der Waals surface area contributed by atoms with Crippen molar-refractivity contribution in [3.63, 3.8) is 0 Å². The van der Waals surface area contributed by atoms with Crippen LogP contribution in [0.4, 0.5) is 5.82 Å². The van der Waals surface area contributed by atoms with Crippen molar-refractivity contribution >= 4 is 17.4 Å². The zero-order valence-corrected chi connectivity index (χ0v) is 11.5. The van der Waals surface area contributed by atoms with Crippen LogP contribution in [0.5, 0.6) is 0 Å². The van der Waals surface area contributed by atoms with Crippen molar-refractivity contribution in [2.75, 3.05) is 18.0 Å². The number of nitrogens with zero attached hydrogens (tertiary/aromatic N) is 2. The predicted octanol–water partition coefficient (Wildman–Crippen LogP) is 3.76. The van der Waals surface area contributed by atoms with E-state index < -0.39 is 0 Å². The van der Waals surface area contributed by atoms with Crippen molar-refractivity contribution in [3.8, 4) is 0 Å². The van der Waals surface area contributed by atoms with Crippen LogP contribution in [0.3, 0.4) is 0 Å². The zero-order valence-electron chi connectivity index (χ0n) is 10.7. The number of hydrogen-bond acceptors (Lipinski definition) is 2. The van der Waals surface area contributed by atoms with Crippen LogP contribution in [0.1, 0.15) is 37.4 Å². The van der Waals surface area contributed by atoms with Gasteiger partial charge in [0.25, 0.3) is 0 Å². The lowest BCUT2D eigenvalue weighted by Crippen LogP contribution is -2.35. The van der Waals surface area contributed by atoms with Gasteiger partial charge in [-0.05, 0) is 43.4 Å². The third kappa shape index (κ3) is 3.12. The summed E-state index contributed by atoms with van der Waals surface area (Å²) in [6, 6.07) is 4.20. The molecule has 17 heavy (non-hydrogen) atoms. The van der Waals surface area contributed by atoms with Crippen molar-refractivity contribution in [2.45, 2.75) is 39.0 Å². The molecule has 0 amide bonds. The Labute approximate surface area is 109 Å². The number of aromatic nitrogens is 1. The number of halogens is 1. The van der Waals surface area contributed by atoms with Gasteiger partial charge in [-0.25, -0.2) is 4.98 Å². The number of anilines is 1. The monoisotopic (exact) mass is 252 g/mol. The van der Waals surface area contributed by atoms with Crippen LogP contribution >= 0.6 is 11.6 Å². The van der Waals surface area contributed by atoms with Gasteiger partial charge in [0.1, 0.15) is 5.82 Å². The molecular weight excluding hydrogens is 232 g/mol. The lowest BCUT2D eigenvalue weighted by Gasteiger charge is -2.33. The summed E-state index contributed by atoms with van der Waals surface area (Å²) in [5.41, 5.74) is 2.24. The summed E-state index contributed by atoms with van der Waals surface area (Å²) in [6.45, 7) is 6.60. The summed E-state index contributed by atoms with van der Waals surface area (Å²) in [7, 11) is 0. The molecule has 1 saturated heterocycles. The second-order valence-corrected chi connectivity index (χ2v) is 5.24. The molecule has 1 aliphatic heterocycles. The SMILES string of the molecule is CCC1CCCN(c2cc(CCl)cc(C)n2)C1. The van der Waals surface area contributed by atoms with Crippen molar-refractivity contribution in [3.05, 3.63) is 23.4 Å². The van der Waals surface area contributed by atoms with E-state index in [0.29, 0.717) is 5.88 Å². The summed E-state index contributed by atoms with van der Waals surface area (Å²) in [4.78, 5) is 7.06. The van der Waals surface area contributed by atoms with Crippen LogP contribution in [0.2, 0.25) is 0 Å². The predicted molar refractivity (Wildman–Crippen MR) is 73.8 cm³/mol. The highest BCUT2D eigenvalue weighted by molar-refractivity contribution is 6.17. The molecular formula is C14H21ClN2. The highest BCUT2D eigenvalue weighted by Gasteiger charge is 2.19. The first kappa shape index (κ1) is 12.7. The van der Waals surface area contributed by atoms with Gasteiger partial charge in [-0.3, -0.25) is 0 Å². The van der Waals surface area contributed by atoms with Gasteiger partial charge in [-0.2, -0.15) is 0 Å². The third-order valence-electron chi connectivity index (χ3n) is 3.57. The van der Waals surface area contributed by atoms with Crippen LogP contribution in [0, 0.1) is 12.8 Å². The van der Waals surface area contributed by atoms with Gasteiger partial charge >= 0.3 is 0 Å². The molecule has 2 nitrogen and oxygen atoms in total. The molecule has 0 aliphatic carbocycles. The lowest BCUT2D eigenvalue weighted by atomic mass is 9.95. The Morgan fingerprint density at radius 1 is 1.47 bits per heavy atom. The first-order valence-electron chi connectivity index (χ1n) is 6.51. The molecule has 2 rings (SSSR count). The van der Waals surface area contributed by atoms with Crippen LogP contribution in [0.25, 0.3) is 0 Å². The van der Waals surface area contributed by atoms with Gasteiger partial charge in [-0.15, -0.1) is 11.6 Å². The number of aryl methyl sites for hydroxylation is 1. The van der Waals surface area contributed by atoms with E-state index in [4.69, 9.17) is 11.6 Å². The van der Waals surface area contributed by atoms with Gasteiger partial charge in [0.2, 0.25) is 0 Å². The quantitative estimate of drug-likeness (QED) is 0.762. The number of hydrogen-bond donors (Lipinski definition) is 0. The van der Waals surface area contributed by atoms with E-state index >= 15 is 0 Å². The van der Waals surface area contributed by atoms with Crippen molar-refractivity contribution in [2.24, 2.45) is 5.92 Å². The summed E-state index contributed by atoms with van der Waals surface area (Å²) >= 11 is 5.92. The van der Waals surface area contributed by atoms with Crippen molar-refractivity contribution < 1.29 is 0 Å². The minimum atomic E-state index is 0.571. The normalized spacial score (nSPS) is 20.6. The number of pyridine rings is 1. The molecule has 0 N–H and O–H groups in total. The average molecular weight is 253 g/mol. The molecule has 1 aromatic rings. The Hall–Kier alpha value is -0.760. The summed E-state index contributed by atoms with van der Waals surface area (Å²) < 4.78 is 0. The molecule has 94 valence electrons. The Morgan fingerprint density at radius 2 is 2.29 bits per heavy atom. The van der Waals surface area contributed by atoms with Crippen LogP contribution in [-0.4, -0.2) is 18.1 Å². The largest absolute Gasteiger partial charge is 0.356 e. The second kappa shape index (κ2) is 5.72. The average Bonchev–Trinajstić information content (AvgIpc) is 2.38. The second-order valence-electron chi connectivity index (χ2n) is 4.97. The molecule has 1 aliphatic rings. The molecule has 0 spiro atoms. The molecule has 1 atom stereocenters. The van der Waals surface area contributed by atoms with Crippen LogP contribution in [0.15, 0.2) is 12.1 Å². The van der Waals surface area contributed by atoms with Crippen molar-refractivity contribution in [1.82, 2.24) is 4.98 Å². The number of piperidine rings is 1. The molecule has 1 aromatic heterocycles. The van der Waals surface area contributed by atoms with Gasteiger partial charge in [0.15, 0.2) is 0 Å². The van der Waals surface area contributed by atoms with E-state index in [9.17, 15) is 0 Å². The van der Waals surface area contributed by atoms with E-state index in [1.807, 2.05) is 6.92 Å². The first-order chi connectivity index (χ1) is 8.22. The Kier molecular flexibility index (Phi) is 4.27. The highest BCUT2D eigenvalue weighted by atomic mass is 35.5. The molecule has 2 heterocycles. The van der Waals surface area contributed by atoms with Gasteiger partial charge in [0.05, 0.1) is 0 Å². The minimum Gasteiger partial charge on any atom is -0.356 e. The molecule has 3 heteroatoms. The number of alkyl halides is 1. The van der Waals surface area contributed by atoms with Gasteiger partial charge in [-0.1, -0.05) is 13.3 Å². The van der Waals surface area contributed by atoms with E-state index in [-0.39, 0.29) is 0 Å². The fourth-order valence-corrected chi connectivity index (χ4v) is 2.72. The Balaban J connectivity index is 2.18.